The molecule has 0 aliphatic carbocycles. The van der Waals surface area contributed by atoms with E-state index in [2.05, 4.69) is 0 Å². The minimum absolute atomic E-state index is 0.0656. The van der Waals surface area contributed by atoms with E-state index in [0.29, 0.717) is 57.2 Å². The number of aliphatic hydroxyl groups excluding tert-OH is 3. The number of halogens is 1. The summed E-state index contributed by atoms with van der Waals surface area (Å²) in [6.45, 7) is 23.4. The van der Waals surface area contributed by atoms with E-state index in [1.54, 1.807) is 39.3 Å². The molecule has 4 bridgehead atoms. The maximum Gasteiger partial charge on any atom is 0.694 e. The molecule has 3 heterocycles. The lowest BCUT2D eigenvalue weighted by Crippen LogP contribution is -2.81. The molecule has 3 saturated heterocycles. The maximum absolute atomic E-state index is 18.0. The Balaban J connectivity index is 2.09. The molecule has 0 radical (unpaired) electrons. The van der Waals surface area contributed by atoms with Gasteiger partial charge in [0.25, 0.3) is 0 Å². The maximum atomic E-state index is 18.0. The van der Waals surface area contributed by atoms with Crippen molar-refractivity contribution >= 4 is 86.9 Å². The van der Waals surface area contributed by atoms with Crippen LogP contribution in [0.15, 0.2) is 0 Å². The first-order valence-electron chi connectivity index (χ1n) is 19.3. The van der Waals surface area contributed by atoms with Gasteiger partial charge in [0.2, 0.25) is 0 Å². The van der Waals surface area contributed by atoms with Crippen LogP contribution in [0, 0.1) is 0 Å². The minimum Gasteiger partial charge on any atom is -0.417 e. The smallest absolute Gasteiger partial charge is 0.417 e. The molecule has 29 heteroatoms. The van der Waals surface area contributed by atoms with Gasteiger partial charge in [0.05, 0.1) is 39.6 Å². The van der Waals surface area contributed by atoms with Crippen LogP contribution in [-0.4, -0.2) is 162 Å². The number of hydrogen-bond donors (Lipinski definition) is 3. The van der Waals surface area contributed by atoms with E-state index in [1.165, 1.54) is 0 Å². The average Bonchev–Trinajstić information content (AvgIpc) is 2.95. The highest BCUT2D eigenvalue weighted by atomic mass is 28.6. The Kier molecular flexibility index (Phi) is 19.1. The fraction of sp³-hybridized carbons (Fsp3) is 1.00. The van der Waals surface area contributed by atoms with E-state index < -0.39 is 86.9 Å². The molecule has 56 heavy (non-hydrogen) atoms. The van der Waals surface area contributed by atoms with Crippen molar-refractivity contribution in [2.45, 2.75) is 116 Å². The van der Waals surface area contributed by atoms with Crippen LogP contribution < -0.4 is 0 Å². The lowest BCUT2D eigenvalue weighted by molar-refractivity contribution is 0.0125. The van der Waals surface area contributed by atoms with Crippen LogP contribution in [0.25, 0.3) is 0 Å². The first-order chi connectivity index (χ1) is 25.7. The zero-order valence-electron chi connectivity index (χ0n) is 35.4. The van der Waals surface area contributed by atoms with Gasteiger partial charge in [-0.15, -0.1) is 0 Å². The van der Waals surface area contributed by atoms with E-state index >= 15 is 4.11 Å². The summed E-state index contributed by atoms with van der Waals surface area (Å²) in [6.07, 6.45) is 1.89. The summed E-state index contributed by atoms with van der Waals surface area (Å²) in [5.74, 6) is 0. The normalized spacial score (nSPS) is 35.8. The molecule has 332 valence electrons. The van der Waals surface area contributed by atoms with E-state index in [-0.39, 0.29) is 39.6 Å². The van der Waals surface area contributed by atoms with Crippen LogP contribution in [0.2, 0.25) is 96.7 Å². The topological polar surface area (TPSA) is 199 Å². The highest BCUT2D eigenvalue weighted by molar-refractivity contribution is 6.99. The molecule has 4 atom stereocenters. The number of aliphatic hydroxyl groups is 3. The highest BCUT2D eigenvalue weighted by Crippen LogP contribution is 2.44. The van der Waals surface area contributed by atoms with E-state index in [1.807, 2.05) is 39.3 Å². The van der Waals surface area contributed by atoms with E-state index in [0.717, 1.165) is 0 Å². The zero-order valence-corrected chi connectivity index (χ0v) is 45.4. The van der Waals surface area contributed by atoms with Crippen LogP contribution in [0.5, 0.6) is 0 Å². The summed E-state index contributed by atoms with van der Waals surface area (Å²) < 4.78 is 115. The Morgan fingerprint density at radius 1 is 0.411 bits per heavy atom. The summed E-state index contributed by atoms with van der Waals surface area (Å²) in [4.78, 5) is 0. The molecule has 3 rings (SSSR count). The number of ether oxygens (including phenoxy) is 3. The number of fused-ring (bicyclic) bond motifs is 3. The van der Waals surface area contributed by atoms with Gasteiger partial charge in [-0.25, -0.2) is 4.11 Å². The third-order valence-corrected chi connectivity index (χ3v) is 49.4. The summed E-state index contributed by atoms with van der Waals surface area (Å²) in [6, 6.07) is 1.80. The third kappa shape index (κ3) is 17.3. The quantitative estimate of drug-likeness (QED) is 0.0715. The molecule has 0 saturated carbocycles. The molecule has 0 spiro atoms. The van der Waals surface area contributed by atoms with Gasteiger partial charge >= 0.3 is 62.0 Å². The largest absolute Gasteiger partial charge is 0.694 e. The fourth-order valence-corrected chi connectivity index (χ4v) is 55.7. The van der Waals surface area contributed by atoms with E-state index in [4.69, 9.17) is 78.9 Å². The van der Waals surface area contributed by atoms with Gasteiger partial charge in [-0.1, -0.05) is 0 Å². The molecule has 0 aromatic carbocycles. The van der Waals surface area contributed by atoms with Crippen molar-refractivity contribution in [3.8, 4) is 0 Å². The van der Waals surface area contributed by atoms with Gasteiger partial charge in [-0.2, -0.15) is 0 Å². The van der Waals surface area contributed by atoms with Gasteiger partial charge in [0.1, 0.15) is 0 Å². The molecule has 3 aliphatic heterocycles. The Labute approximate surface area is 343 Å². The van der Waals surface area contributed by atoms with Gasteiger partial charge in [0, 0.05) is 59.1 Å². The van der Waals surface area contributed by atoms with Gasteiger partial charge < -0.3 is 78.9 Å². The standard InChI is InChI=1S/C27H69FO18Si10/c1-47(2,25-13-19-32-22-16-29)35-50(7)38-52(9)39-51(8,36-48(3,4)26-14-20-33-23-17-30)41-55(12)44-53(10,42-52)43-54(11,40-50)45-56(28,46-55)37-49(5,6)27-15-21-34-24-18-31/h29-31H,13-27H2,1-12H3. The summed E-state index contributed by atoms with van der Waals surface area (Å²) in [5.41, 5.74) is 0. The average molecular weight is 982 g/mol. The number of rotatable bonds is 24. The molecule has 18 nitrogen and oxygen atoms in total. The second-order valence-electron chi connectivity index (χ2n) is 16.5. The van der Waals surface area contributed by atoms with Crippen LogP contribution in [-0.2, 0) is 63.6 Å². The van der Waals surface area contributed by atoms with Crippen molar-refractivity contribution in [3.05, 3.63) is 0 Å². The third-order valence-electron chi connectivity index (χ3n) is 8.44. The monoisotopic (exact) mass is 980 g/mol. The van der Waals surface area contributed by atoms with E-state index in [9.17, 15) is 0 Å². The fourth-order valence-electron chi connectivity index (χ4n) is 7.02. The molecular formula is C27H69FO18Si10. The molecule has 3 aliphatic rings. The van der Waals surface area contributed by atoms with Gasteiger partial charge in [-0.05, 0) is 76.7 Å². The van der Waals surface area contributed by atoms with Crippen molar-refractivity contribution in [2.75, 3.05) is 59.5 Å². The molecule has 0 amide bonds. The van der Waals surface area contributed by atoms with Crippen LogP contribution in [0.3, 0.4) is 0 Å². The summed E-state index contributed by atoms with van der Waals surface area (Å²) in [5, 5.41) is 27.4. The predicted octanol–water partition coefficient (Wildman–Crippen LogP) is 3.86. The molecule has 4 unspecified atom stereocenters. The Morgan fingerprint density at radius 3 is 0.982 bits per heavy atom. The molecular weight excluding hydrogens is 912 g/mol. The predicted molar refractivity (Wildman–Crippen MR) is 224 cm³/mol. The van der Waals surface area contributed by atoms with Crippen molar-refractivity contribution in [1.29, 1.82) is 0 Å². The molecule has 0 aromatic rings. The first kappa shape index (κ1) is 51.7. The van der Waals surface area contributed by atoms with Crippen LogP contribution in [0.4, 0.5) is 4.11 Å². The summed E-state index contributed by atoms with van der Waals surface area (Å²) >= 11 is 0. The van der Waals surface area contributed by atoms with Crippen molar-refractivity contribution in [2.24, 2.45) is 0 Å². The molecule has 3 fully saturated rings. The van der Waals surface area contributed by atoms with Crippen molar-refractivity contribution in [3.63, 3.8) is 0 Å². The second-order valence-corrected chi connectivity index (χ2v) is 49.6. The van der Waals surface area contributed by atoms with Crippen LogP contribution >= 0.6 is 0 Å². The number of hydrogen-bond acceptors (Lipinski definition) is 18. The first-order valence-corrected chi connectivity index (χ1v) is 43.6. The SMILES string of the molecule is C[Si](C)(CCCOCCO)O[Si]1(C)O[Si]2(C)O[Si](C)(O[Si](C)(C)CCCOCCO)O[Si]3(C)O[Si](C)(O2)O[Si](C)(O1)O[Si](F)(O[Si](C)(C)CCCOCCO)O3. The van der Waals surface area contributed by atoms with Gasteiger partial charge in [0.15, 0.2) is 25.0 Å². The Bertz CT molecular complexity index is 1070. The lowest BCUT2D eigenvalue weighted by atomic mass is 10.5. The van der Waals surface area contributed by atoms with Crippen molar-refractivity contribution < 1.29 is 83.0 Å². The Hall–Kier alpha value is 1.38. The zero-order chi connectivity index (χ0) is 42.2. The highest BCUT2D eigenvalue weighted by Gasteiger charge is 2.75. The molecule has 0 aromatic heterocycles. The van der Waals surface area contributed by atoms with Gasteiger partial charge in [-0.3, -0.25) is 0 Å². The minimum atomic E-state index is -5.28. The summed E-state index contributed by atoms with van der Waals surface area (Å²) in [7, 11) is -37.6. The Morgan fingerprint density at radius 2 is 0.679 bits per heavy atom. The van der Waals surface area contributed by atoms with Crippen molar-refractivity contribution in [1.82, 2.24) is 0 Å². The lowest BCUT2D eigenvalue weighted by Gasteiger charge is -2.55. The van der Waals surface area contributed by atoms with Crippen LogP contribution in [0.1, 0.15) is 19.3 Å². The molecule has 3 N–H and O–H groups in total. The second kappa shape index (κ2) is 20.7.